The molecule has 1 amide bonds. The van der Waals surface area contributed by atoms with Crippen LogP contribution in [-0.4, -0.2) is 90.6 Å². The zero-order valence-electron chi connectivity index (χ0n) is 20.0. The highest BCUT2D eigenvalue weighted by molar-refractivity contribution is 5.77. The number of hydrogen-bond donors (Lipinski definition) is 7. The number of nitrogens with one attached hydrogen (secondary N) is 5. The number of hydrogen-bond acceptors (Lipinski definition) is 8. The SMILES string of the molecule is CCNC(=O)COC(CCNCCCNCCCCN)CNCCCNCCCCN. The van der Waals surface area contributed by atoms with Crippen molar-refractivity contribution < 1.29 is 9.53 Å². The fourth-order valence-electron chi connectivity index (χ4n) is 3.05. The average Bonchev–Trinajstić information content (AvgIpc) is 2.77. The summed E-state index contributed by atoms with van der Waals surface area (Å²) < 4.78 is 5.85. The Balaban J connectivity index is 3.83. The molecule has 9 nitrogen and oxygen atoms in total. The summed E-state index contributed by atoms with van der Waals surface area (Å²) in [7, 11) is 0. The van der Waals surface area contributed by atoms with E-state index in [1.807, 2.05) is 6.92 Å². The Morgan fingerprint density at radius 2 is 1.26 bits per heavy atom. The van der Waals surface area contributed by atoms with E-state index < -0.39 is 0 Å². The lowest BCUT2D eigenvalue weighted by molar-refractivity contribution is -0.127. The van der Waals surface area contributed by atoms with Crippen molar-refractivity contribution in [2.75, 3.05) is 78.6 Å². The summed E-state index contributed by atoms with van der Waals surface area (Å²) in [6.07, 6.45) is 7.53. The van der Waals surface area contributed by atoms with E-state index in [1.165, 1.54) is 0 Å². The van der Waals surface area contributed by atoms with Gasteiger partial charge in [-0.1, -0.05) is 0 Å². The molecule has 0 aromatic carbocycles. The molecule has 0 saturated carbocycles. The molecular formula is C22H51N7O2. The lowest BCUT2D eigenvalue weighted by atomic mass is 10.2. The largest absolute Gasteiger partial charge is 0.367 e. The van der Waals surface area contributed by atoms with Crippen molar-refractivity contribution in [2.24, 2.45) is 11.5 Å². The van der Waals surface area contributed by atoms with Gasteiger partial charge in [0.05, 0.1) is 6.10 Å². The van der Waals surface area contributed by atoms with Crippen molar-refractivity contribution in [3.05, 3.63) is 0 Å². The normalized spacial score (nSPS) is 12.2. The fourth-order valence-corrected chi connectivity index (χ4v) is 3.05. The summed E-state index contributed by atoms with van der Waals surface area (Å²) in [5.41, 5.74) is 11.0. The van der Waals surface area contributed by atoms with Gasteiger partial charge in [-0.15, -0.1) is 0 Å². The molecule has 0 aromatic heterocycles. The third kappa shape index (κ3) is 23.7. The first kappa shape index (κ1) is 30.2. The minimum absolute atomic E-state index is 0.0296. The Bertz CT molecular complexity index is 376. The van der Waals surface area contributed by atoms with Crippen molar-refractivity contribution in [1.29, 1.82) is 0 Å². The Hall–Kier alpha value is -0.810. The van der Waals surface area contributed by atoms with Crippen LogP contribution in [0.1, 0.15) is 51.9 Å². The van der Waals surface area contributed by atoms with E-state index >= 15 is 0 Å². The third-order valence-electron chi connectivity index (χ3n) is 4.87. The van der Waals surface area contributed by atoms with Crippen molar-refractivity contribution in [2.45, 2.75) is 58.0 Å². The number of nitrogens with two attached hydrogens (primary N) is 2. The van der Waals surface area contributed by atoms with Gasteiger partial charge in [0, 0.05) is 13.1 Å². The molecular weight excluding hydrogens is 394 g/mol. The van der Waals surface area contributed by atoms with Crippen molar-refractivity contribution in [3.63, 3.8) is 0 Å². The summed E-state index contributed by atoms with van der Waals surface area (Å²) in [4.78, 5) is 11.7. The first-order valence-corrected chi connectivity index (χ1v) is 12.4. The van der Waals surface area contributed by atoms with Crippen LogP contribution in [0.3, 0.4) is 0 Å². The van der Waals surface area contributed by atoms with E-state index in [2.05, 4.69) is 26.6 Å². The molecule has 1 atom stereocenters. The molecule has 0 spiro atoms. The molecule has 9 N–H and O–H groups in total. The second kappa shape index (κ2) is 25.5. The van der Waals surface area contributed by atoms with Crippen molar-refractivity contribution >= 4 is 5.91 Å². The summed E-state index contributed by atoms with van der Waals surface area (Å²) in [5, 5.41) is 16.6. The highest BCUT2D eigenvalue weighted by Crippen LogP contribution is 1.97. The van der Waals surface area contributed by atoms with Crippen LogP contribution < -0.4 is 38.1 Å². The van der Waals surface area contributed by atoms with Crippen LogP contribution in [0, 0.1) is 0 Å². The summed E-state index contributed by atoms with van der Waals surface area (Å²) >= 11 is 0. The lowest BCUT2D eigenvalue weighted by Gasteiger charge is -2.19. The third-order valence-corrected chi connectivity index (χ3v) is 4.87. The van der Waals surface area contributed by atoms with E-state index in [0.717, 1.165) is 110 Å². The Morgan fingerprint density at radius 3 is 1.81 bits per heavy atom. The van der Waals surface area contributed by atoms with E-state index in [4.69, 9.17) is 16.2 Å². The minimum Gasteiger partial charge on any atom is -0.367 e. The molecule has 186 valence electrons. The van der Waals surface area contributed by atoms with Crippen LogP contribution in [0.4, 0.5) is 0 Å². The van der Waals surface area contributed by atoms with Crippen LogP contribution in [0.5, 0.6) is 0 Å². The molecule has 31 heavy (non-hydrogen) atoms. The van der Waals surface area contributed by atoms with Crippen molar-refractivity contribution in [1.82, 2.24) is 26.6 Å². The minimum atomic E-state index is -0.0529. The Morgan fingerprint density at radius 1 is 0.742 bits per heavy atom. The molecule has 0 aliphatic heterocycles. The van der Waals surface area contributed by atoms with E-state index in [9.17, 15) is 4.79 Å². The quantitative estimate of drug-likeness (QED) is 0.0935. The van der Waals surface area contributed by atoms with Gasteiger partial charge in [-0.2, -0.15) is 0 Å². The van der Waals surface area contributed by atoms with Gasteiger partial charge in [-0.3, -0.25) is 4.79 Å². The van der Waals surface area contributed by atoms with Crippen molar-refractivity contribution in [3.8, 4) is 0 Å². The molecule has 0 fully saturated rings. The lowest BCUT2D eigenvalue weighted by Crippen LogP contribution is -2.37. The molecule has 0 aliphatic carbocycles. The number of amides is 1. The first-order chi connectivity index (χ1) is 15.2. The zero-order chi connectivity index (χ0) is 22.8. The maximum Gasteiger partial charge on any atom is 0.246 e. The van der Waals surface area contributed by atoms with Crippen LogP contribution in [0.2, 0.25) is 0 Å². The molecule has 0 heterocycles. The monoisotopic (exact) mass is 445 g/mol. The van der Waals surface area contributed by atoms with Crippen LogP contribution in [-0.2, 0) is 9.53 Å². The van der Waals surface area contributed by atoms with Gasteiger partial charge in [-0.05, 0) is 111 Å². The Kier molecular flexibility index (Phi) is 24.8. The molecule has 0 aliphatic rings. The van der Waals surface area contributed by atoms with Gasteiger partial charge >= 0.3 is 0 Å². The number of carbonyl (C=O) groups is 1. The summed E-state index contributed by atoms with van der Waals surface area (Å²) in [5.74, 6) is -0.0529. The molecule has 9 heteroatoms. The maximum atomic E-state index is 11.7. The van der Waals surface area contributed by atoms with E-state index in [1.54, 1.807) is 0 Å². The number of ether oxygens (including phenoxy) is 1. The average molecular weight is 446 g/mol. The standard InChI is InChI=1S/C22H51N7O2/c1-2-29-22(30)20-31-21(19-28-17-8-15-26-13-6-4-11-24)9-18-27-16-7-14-25-12-5-3-10-23/h21,25-28H,2-20,23-24H2,1H3,(H,29,30). The Labute approximate surface area is 190 Å². The topological polar surface area (TPSA) is 138 Å². The number of likely N-dealkylation sites (N-methyl/N-ethyl adjacent to an activating group) is 1. The molecule has 0 radical (unpaired) electrons. The van der Waals surface area contributed by atoms with Crippen LogP contribution in [0.15, 0.2) is 0 Å². The van der Waals surface area contributed by atoms with Gasteiger partial charge in [0.15, 0.2) is 0 Å². The maximum absolute atomic E-state index is 11.7. The predicted octanol–water partition coefficient (Wildman–Crippen LogP) is -0.486. The van der Waals surface area contributed by atoms with Gasteiger partial charge in [0.25, 0.3) is 0 Å². The highest BCUT2D eigenvalue weighted by Gasteiger charge is 2.11. The molecule has 0 aromatic rings. The van der Waals surface area contributed by atoms with Gasteiger partial charge in [0.1, 0.15) is 6.61 Å². The first-order valence-electron chi connectivity index (χ1n) is 12.4. The van der Waals surface area contributed by atoms with E-state index in [-0.39, 0.29) is 18.6 Å². The highest BCUT2D eigenvalue weighted by atomic mass is 16.5. The number of carbonyl (C=O) groups excluding carboxylic acids is 1. The fraction of sp³-hybridized carbons (Fsp3) is 0.955. The molecule has 0 bridgehead atoms. The van der Waals surface area contributed by atoms with Gasteiger partial charge in [0.2, 0.25) is 5.91 Å². The van der Waals surface area contributed by atoms with Crippen LogP contribution >= 0.6 is 0 Å². The summed E-state index contributed by atoms with van der Waals surface area (Å²) in [6, 6.07) is 0. The second-order valence-corrected chi connectivity index (χ2v) is 7.83. The van der Waals surface area contributed by atoms with Gasteiger partial charge in [-0.25, -0.2) is 0 Å². The smallest absolute Gasteiger partial charge is 0.246 e. The molecule has 0 rings (SSSR count). The number of unbranched alkanes of at least 4 members (excludes halogenated alkanes) is 2. The number of rotatable bonds is 25. The van der Waals surface area contributed by atoms with E-state index in [0.29, 0.717) is 6.54 Å². The van der Waals surface area contributed by atoms with Gasteiger partial charge < -0.3 is 42.8 Å². The van der Waals surface area contributed by atoms with Crippen LogP contribution in [0.25, 0.3) is 0 Å². The zero-order valence-corrected chi connectivity index (χ0v) is 20.0. The molecule has 1 unspecified atom stereocenters. The summed E-state index contributed by atoms with van der Waals surface area (Å²) in [6.45, 7) is 11.9. The predicted molar refractivity (Wildman–Crippen MR) is 130 cm³/mol. The second-order valence-electron chi connectivity index (χ2n) is 7.83. The molecule has 0 saturated heterocycles.